The van der Waals surface area contributed by atoms with E-state index in [0.717, 1.165) is 0 Å². The number of aliphatic hydroxyl groups is 1. The average Bonchev–Trinajstić information content (AvgIpc) is 2.05. The van der Waals surface area contributed by atoms with Crippen LogP contribution in [0.3, 0.4) is 0 Å². The second-order valence-corrected chi connectivity index (χ2v) is 3.27. The molecule has 0 spiro atoms. The van der Waals surface area contributed by atoms with Gasteiger partial charge in [0.1, 0.15) is 5.82 Å². The van der Waals surface area contributed by atoms with E-state index in [-0.39, 0.29) is 5.82 Å². The Morgan fingerprint density at radius 3 is 2.46 bits per heavy atom. The summed E-state index contributed by atoms with van der Waals surface area (Å²) in [6.07, 6.45) is 2.10. The predicted molar refractivity (Wildman–Crippen MR) is 50.8 cm³/mol. The highest BCUT2D eigenvalue weighted by Crippen LogP contribution is 2.24. The highest BCUT2D eigenvalue weighted by Gasteiger charge is 2.20. The fourth-order valence-corrected chi connectivity index (χ4v) is 1.21. The largest absolute Gasteiger partial charge is 0.385 e. The van der Waals surface area contributed by atoms with E-state index >= 15 is 0 Å². The Morgan fingerprint density at radius 2 is 2.00 bits per heavy atom. The van der Waals surface area contributed by atoms with E-state index in [4.69, 9.17) is 0 Å². The van der Waals surface area contributed by atoms with E-state index in [1.165, 1.54) is 12.1 Å². The Morgan fingerprint density at radius 1 is 1.46 bits per heavy atom. The maximum Gasteiger partial charge on any atom is 0.123 e. The minimum absolute atomic E-state index is 0.293. The maximum absolute atomic E-state index is 12.6. The molecular weight excluding hydrogens is 167 g/mol. The molecule has 0 aromatic heterocycles. The molecule has 0 fully saturated rings. The van der Waals surface area contributed by atoms with Crippen molar-refractivity contribution in [3.8, 4) is 0 Å². The van der Waals surface area contributed by atoms with Crippen LogP contribution in [-0.2, 0) is 5.60 Å². The number of hydrogen-bond acceptors (Lipinski definition) is 1. The van der Waals surface area contributed by atoms with Gasteiger partial charge in [-0.15, -0.1) is 6.58 Å². The number of hydrogen-bond donors (Lipinski definition) is 1. The molecule has 1 rings (SSSR count). The summed E-state index contributed by atoms with van der Waals surface area (Å²) in [6, 6.07) is 5.84. The van der Waals surface area contributed by atoms with Crippen LogP contribution in [0.5, 0.6) is 0 Å². The Kier molecular flexibility index (Phi) is 2.83. The predicted octanol–water partition coefficient (Wildman–Crippen LogP) is 2.61. The molecular formula is C11H13FO. The van der Waals surface area contributed by atoms with Crippen LogP contribution in [0, 0.1) is 5.82 Å². The Hall–Kier alpha value is -1.15. The van der Waals surface area contributed by atoms with Crippen molar-refractivity contribution in [2.45, 2.75) is 18.9 Å². The molecule has 0 heterocycles. The van der Waals surface area contributed by atoms with Crippen LogP contribution in [0.25, 0.3) is 0 Å². The lowest BCUT2D eigenvalue weighted by Crippen LogP contribution is -2.19. The summed E-state index contributed by atoms with van der Waals surface area (Å²) in [5.74, 6) is -0.293. The molecule has 0 aliphatic heterocycles. The standard InChI is InChI=1S/C11H13FO/c1-3-8-11(2,13)9-4-6-10(12)7-5-9/h3-7,13H,1,8H2,2H3. The highest BCUT2D eigenvalue weighted by atomic mass is 19.1. The quantitative estimate of drug-likeness (QED) is 0.709. The number of benzene rings is 1. The van der Waals surface area contributed by atoms with E-state index in [2.05, 4.69) is 6.58 Å². The van der Waals surface area contributed by atoms with Gasteiger partial charge in [-0.05, 0) is 31.0 Å². The summed E-state index contributed by atoms with van der Waals surface area (Å²) >= 11 is 0. The van der Waals surface area contributed by atoms with Gasteiger partial charge in [0.15, 0.2) is 0 Å². The Balaban J connectivity index is 2.93. The molecule has 0 aliphatic carbocycles. The lowest BCUT2D eigenvalue weighted by Gasteiger charge is -2.21. The first-order chi connectivity index (χ1) is 6.06. The van der Waals surface area contributed by atoms with Gasteiger partial charge in [0.25, 0.3) is 0 Å². The van der Waals surface area contributed by atoms with Crippen LogP contribution in [0.4, 0.5) is 4.39 Å². The van der Waals surface area contributed by atoms with Crippen molar-refractivity contribution in [1.29, 1.82) is 0 Å². The summed E-state index contributed by atoms with van der Waals surface area (Å²) in [4.78, 5) is 0. The van der Waals surface area contributed by atoms with Gasteiger partial charge in [-0.25, -0.2) is 4.39 Å². The van der Waals surface area contributed by atoms with Gasteiger partial charge in [0.2, 0.25) is 0 Å². The van der Waals surface area contributed by atoms with Crippen LogP contribution >= 0.6 is 0 Å². The van der Waals surface area contributed by atoms with Crippen molar-refractivity contribution >= 4 is 0 Å². The Bertz CT molecular complexity index is 287. The first kappa shape index (κ1) is 9.93. The summed E-state index contributed by atoms with van der Waals surface area (Å²) in [6.45, 7) is 5.24. The van der Waals surface area contributed by atoms with E-state index in [0.29, 0.717) is 12.0 Å². The Labute approximate surface area is 77.5 Å². The fourth-order valence-electron chi connectivity index (χ4n) is 1.21. The molecule has 1 nitrogen and oxygen atoms in total. The van der Waals surface area contributed by atoms with E-state index in [9.17, 15) is 9.50 Å². The molecule has 0 aliphatic rings. The van der Waals surface area contributed by atoms with Crippen molar-refractivity contribution in [1.82, 2.24) is 0 Å². The van der Waals surface area contributed by atoms with Crippen molar-refractivity contribution in [3.05, 3.63) is 48.3 Å². The molecule has 1 aromatic rings. The molecule has 0 saturated heterocycles. The number of rotatable bonds is 3. The summed E-state index contributed by atoms with van der Waals surface area (Å²) in [7, 11) is 0. The van der Waals surface area contributed by atoms with Crippen LogP contribution < -0.4 is 0 Å². The lowest BCUT2D eigenvalue weighted by molar-refractivity contribution is 0.0606. The van der Waals surface area contributed by atoms with E-state index < -0.39 is 5.60 Å². The van der Waals surface area contributed by atoms with Crippen LogP contribution in [0.1, 0.15) is 18.9 Å². The molecule has 0 saturated carbocycles. The van der Waals surface area contributed by atoms with Gasteiger partial charge in [-0.2, -0.15) is 0 Å². The van der Waals surface area contributed by atoms with Gasteiger partial charge < -0.3 is 5.11 Å². The minimum Gasteiger partial charge on any atom is -0.385 e. The first-order valence-electron chi connectivity index (χ1n) is 4.15. The SMILES string of the molecule is C=CCC(C)(O)c1ccc(F)cc1. The minimum atomic E-state index is -0.949. The third-order valence-corrected chi connectivity index (χ3v) is 2.01. The zero-order valence-corrected chi connectivity index (χ0v) is 7.63. The summed E-state index contributed by atoms with van der Waals surface area (Å²) < 4.78 is 12.6. The van der Waals surface area contributed by atoms with Crippen LogP contribution in [0.15, 0.2) is 36.9 Å². The van der Waals surface area contributed by atoms with Crippen molar-refractivity contribution < 1.29 is 9.50 Å². The lowest BCUT2D eigenvalue weighted by atomic mass is 9.93. The molecule has 0 bridgehead atoms. The monoisotopic (exact) mass is 180 g/mol. The van der Waals surface area contributed by atoms with Crippen molar-refractivity contribution in [3.63, 3.8) is 0 Å². The molecule has 1 atom stereocenters. The van der Waals surface area contributed by atoms with Gasteiger partial charge in [-0.1, -0.05) is 18.2 Å². The first-order valence-corrected chi connectivity index (χ1v) is 4.15. The molecule has 0 radical (unpaired) electrons. The van der Waals surface area contributed by atoms with Gasteiger partial charge in [0, 0.05) is 0 Å². The maximum atomic E-state index is 12.6. The van der Waals surface area contributed by atoms with Gasteiger partial charge in [0.05, 0.1) is 5.60 Å². The molecule has 1 aromatic carbocycles. The third-order valence-electron chi connectivity index (χ3n) is 2.01. The molecule has 2 heteroatoms. The topological polar surface area (TPSA) is 20.2 Å². The normalized spacial score (nSPS) is 15.0. The summed E-state index contributed by atoms with van der Waals surface area (Å²) in [5.41, 5.74) is -0.246. The van der Waals surface area contributed by atoms with E-state index in [1.807, 2.05) is 0 Å². The smallest absolute Gasteiger partial charge is 0.123 e. The molecule has 0 amide bonds. The second kappa shape index (κ2) is 3.71. The fraction of sp³-hybridized carbons (Fsp3) is 0.273. The van der Waals surface area contributed by atoms with E-state index in [1.54, 1.807) is 25.1 Å². The zero-order valence-electron chi connectivity index (χ0n) is 7.63. The highest BCUT2D eigenvalue weighted by molar-refractivity contribution is 5.22. The molecule has 1 N–H and O–H groups in total. The molecule has 13 heavy (non-hydrogen) atoms. The zero-order chi connectivity index (χ0) is 9.90. The molecule has 70 valence electrons. The van der Waals surface area contributed by atoms with Gasteiger partial charge in [-0.3, -0.25) is 0 Å². The average molecular weight is 180 g/mol. The van der Waals surface area contributed by atoms with Gasteiger partial charge >= 0.3 is 0 Å². The second-order valence-electron chi connectivity index (χ2n) is 3.27. The van der Waals surface area contributed by atoms with Crippen LogP contribution in [0.2, 0.25) is 0 Å². The van der Waals surface area contributed by atoms with Crippen molar-refractivity contribution in [2.24, 2.45) is 0 Å². The number of halogens is 1. The van der Waals surface area contributed by atoms with Crippen LogP contribution in [-0.4, -0.2) is 5.11 Å². The van der Waals surface area contributed by atoms with Crippen molar-refractivity contribution in [2.75, 3.05) is 0 Å². The summed E-state index contributed by atoms with van der Waals surface area (Å²) in [5, 5.41) is 9.88. The molecule has 1 unspecified atom stereocenters. The third kappa shape index (κ3) is 2.39.